The average Bonchev–Trinajstić information content (AvgIpc) is 2.81. The van der Waals surface area contributed by atoms with Crippen LogP contribution in [0.2, 0.25) is 0 Å². The molecule has 0 amide bonds. The van der Waals surface area contributed by atoms with E-state index in [1.807, 2.05) is 0 Å². The largest absolute Gasteiger partial charge is 0.0922 e. The van der Waals surface area contributed by atoms with Crippen LogP contribution in [0.4, 0.5) is 0 Å². The van der Waals surface area contributed by atoms with E-state index in [1.165, 1.54) is 63.1 Å². The molecular formula is C17H31Br. The fourth-order valence-electron chi connectivity index (χ4n) is 4.32. The highest BCUT2D eigenvalue weighted by molar-refractivity contribution is 9.09. The summed E-state index contributed by atoms with van der Waals surface area (Å²) in [5.74, 6) is 2.00. The van der Waals surface area contributed by atoms with E-state index < -0.39 is 0 Å². The third-order valence-electron chi connectivity index (χ3n) is 5.75. The molecule has 0 aromatic carbocycles. The van der Waals surface area contributed by atoms with E-state index in [0.717, 1.165) is 11.8 Å². The first-order valence-electron chi connectivity index (χ1n) is 8.01. The minimum atomic E-state index is 0.520. The Balaban J connectivity index is 1.90. The lowest BCUT2D eigenvalue weighted by molar-refractivity contribution is 0.0851. The second kappa shape index (κ2) is 5.85. The summed E-state index contributed by atoms with van der Waals surface area (Å²) in [5, 5.41) is 1.24. The molecule has 0 radical (unpaired) electrons. The van der Waals surface area contributed by atoms with Crippen molar-refractivity contribution in [2.24, 2.45) is 22.7 Å². The number of hydrogen-bond acceptors (Lipinski definition) is 0. The van der Waals surface area contributed by atoms with Gasteiger partial charge >= 0.3 is 0 Å². The highest BCUT2D eigenvalue weighted by Crippen LogP contribution is 2.50. The van der Waals surface area contributed by atoms with E-state index in [2.05, 4.69) is 36.7 Å². The molecule has 0 N–H and O–H groups in total. The highest BCUT2D eigenvalue weighted by atomic mass is 79.9. The van der Waals surface area contributed by atoms with Gasteiger partial charge in [0, 0.05) is 5.33 Å². The molecule has 2 saturated carbocycles. The second-order valence-corrected chi connectivity index (χ2v) is 8.69. The fraction of sp³-hybridized carbons (Fsp3) is 1.00. The van der Waals surface area contributed by atoms with Gasteiger partial charge in [-0.2, -0.15) is 0 Å². The Kier molecular flexibility index (Phi) is 4.84. The van der Waals surface area contributed by atoms with Crippen LogP contribution in [0.3, 0.4) is 0 Å². The number of alkyl halides is 1. The maximum absolute atomic E-state index is 3.85. The Bertz CT molecular complexity index is 249. The van der Waals surface area contributed by atoms with E-state index in [-0.39, 0.29) is 0 Å². The van der Waals surface area contributed by atoms with Crippen LogP contribution in [-0.4, -0.2) is 5.33 Å². The molecule has 0 nitrogen and oxygen atoms in total. The Morgan fingerprint density at radius 3 is 2.00 bits per heavy atom. The molecule has 0 aromatic rings. The summed E-state index contributed by atoms with van der Waals surface area (Å²) in [6, 6.07) is 0. The van der Waals surface area contributed by atoms with Crippen molar-refractivity contribution in [2.45, 2.75) is 78.6 Å². The van der Waals surface area contributed by atoms with Crippen molar-refractivity contribution in [3.8, 4) is 0 Å². The van der Waals surface area contributed by atoms with Gasteiger partial charge in [-0.25, -0.2) is 0 Å². The maximum atomic E-state index is 3.85. The van der Waals surface area contributed by atoms with Gasteiger partial charge in [-0.3, -0.25) is 0 Å². The van der Waals surface area contributed by atoms with Crippen LogP contribution in [0.5, 0.6) is 0 Å². The van der Waals surface area contributed by atoms with E-state index in [1.54, 1.807) is 0 Å². The van der Waals surface area contributed by atoms with Crippen molar-refractivity contribution in [3.05, 3.63) is 0 Å². The SMILES string of the molecule is CC(C)(C)C1CCC(CBr)(CC2CCCC2)CC1. The van der Waals surface area contributed by atoms with Gasteiger partial charge in [0.2, 0.25) is 0 Å². The molecule has 0 atom stereocenters. The predicted octanol–water partition coefficient (Wildman–Crippen LogP) is 6.18. The Morgan fingerprint density at radius 1 is 1.00 bits per heavy atom. The molecule has 0 aliphatic heterocycles. The van der Waals surface area contributed by atoms with E-state index in [4.69, 9.17) is 0 Å². The number of halogens is 1. The van der Waals surface area contributed by atoms with Crippen molar-refractivity contribution in [1.82, 2.24) is 0 Å². The molecule has 2 aliphatic carbocycles. The van der Waals surface area contributed by atoms with Gasteiger partial charge in [-0.1, -0.05) is 62.4 Å². The van der Waals surface area contributed by atoms with Crippen molar-refractivity contribution in [2.75, 3.05) is 5.33 Å². The molecule has 18 heavy (non-hydrogen) atoms. The van der Waals surface area contributed by atoms with Gasteiger partial charge in [-0.05, 0) is 54.8 Å². The van der Waals surface area contributed by atoms with Crippen molar-refractivity contribution in [1.29, 1.82) is 0 Å². The summed E-state index contributed by atoms with van der Waals surface area (Å²) in [4.78, 5) is 0. The highest BCUT2D eigenvalue weighted by Gasteiger charge is 2.39. The third kappa shape index (κ3) is 3.52. The number of hydrogen-bond donors (Lipinski definition) is 0. The van der Waals surface area contributed by atoms with Gasteiger partial charge in [0.15, 0.2) is 0 Å². The molecule has 0 bridgehead atoms. The Labute approximate surface area is 122 Å². The zero-order valence-electron chi connectivity index (χ0n) is 12.6. The lowest BCUT2D eigenvalue weighted by Gasteiger charge is -2.44. The van der Waals surface area contributed by atoms with Crippen molar-refractivity contribution in [3.63, 3.8) is 0 Å². The lowest BCUT2D eigenvalue weighted by atomic mass is 9.62. The molecule has 2 fully saturated rings. The van der Waals surface area contributed by atoms with E-state index in [9.17, 15) is 0 Å². The summed E-state index contributed by atoms with van der Waals surface area (Å²) in [6.07, 6.45) is 13.4. The van der Waals surface area contributed by atoms with Crippen molar-refractivity contribution >= 4 is 15.9 Å². The molecule has 1 heteroatoms. The standard InChI is InChI=1S/C17H31Br/c1-16(2,3)15-8-10-17(13-18,11-9-15)12-14-6-4-5-7-14/h14-15H,4-13H2,1-3H3. The molecule has 0 saturated heterocycles. The molecule has 0 heterocycles. The van der Waals surface area contributed by atoms with Crippen LogP contribution in [0.15, 0.2) is 0 Å². The van der Waals surface area contributed by atoms with Crippen LogP contribution >= 0.6 is 15.9 Å². The van der Waals surface area contributed by atoms with Gasteiger partial charge in [0.25, 0.3) is 0 Å². The molecule has 0 unspecified atom stereocenters. The summed E-state index contributed by atoms with van der Waals surface area (Å²) >= 11 is 3.85. The summed E-state index contributed by atoms with van der Waals surface area (Å²) in [5.41, 5.74) is 1.17. The fourth-order valence-corrected chi connectivity index (χ4v) is 5.11. The van der Waals surface area contributed by atoms with Gasteiger partial charge in [0.05, 0.1) is 0 Å². The summed E-state index contributed by atoms with van der Waals surface area (Å²) in [7, 11) is 0. The van der Waals surface area contributed by atoms with Crippen LogP contribution < -0.4 is 0 Å². The van der Waals surface area contributed by atoms with Crippen LogP contribution in [-0.2, 0) is 0 Å². The summed E-state index contributed by atoms with van der Waals surface area (Å²) in [6.45, 7) is 7.28. The minimum absolute atomic E-state index is 0.520. The Hall–Kier alpha value is 0.480. The molecular weight excluding hydrogens is 284 g/mol. The average molecular weight is 315 g/mol. The zero-order chi connectivity index (χ0) is 13.2. The molecule has 0 spiro atoms. The van der Waals surface area contributed by atoms with Gasteiger partial charge in [0.1, 0.15) is 0 Å². The zero-order valence-corrected chi connectivity index (χ0v) is 14.2. The van der Waals surface area contributed by atoms with Gasteiger partial charge < -0.3 is 0 Å². The smallest absolute Gasteiger partial charge is 0.00880 e. The predicted molar refractivity (Wildman–Crippen MR) is 84.2 cm³/mol. The Morgan fingerprint density at radius 2 is 1.56 bits per heavy atom. The van der Waals surface area contributed by atoms with E-state index >= 15 is 0 Å². The first-order valence-corrected chi connectivity index (χ1v) is 9.13. The van der Waals surface area contributed by atoms with E-state index in [0.29, 0.717) is 10.8 Å². The van der Waals surface area contributed by atoms with Crippen molar-refractivity contribution < 1.29 is 0 Å². The normalized spacial score (nSPS) is 35.0. The minimum Gasteiger partial charge on any atom is -0.0922 e. The monoisotopic (exact) mass is 314 g/mol. The van der Waals surface area contributed by atoms with Crippen LogP contribution in [0, 0.1) is 22.7 Å². The molecule has 0 aromatic heterocycles. The molecule has 2 rings (SSSR count). The van der Waals surface area contributed by atoms with Crippen LogP contribution in [0.1, 0.15) is 78.6 Å². The number of rotatable bonds is 3. The first-order chi connectivity index (χ1) is 8.45. The third-order valence-corrected chi connectivity index (χ3v) is 6.94. The van der Waals surface area contributed by atoms with Crippen LogP contribution in [0.25, 0.3) is 0 Å². The summed E-state index contributed by atoms with van der Waals surface area (Å²) < 4.78 is 0. The maximum Gasteiger partial charge on any atom is 0.00880 e. The second-order valence-electron chi connectivity index (χ2n) is 8.13. The quantitative estimate of drug-likeness (QED) is 0.545. The molecule has 2 aliphatic rings. The van der Waals surface area contributed by atoms with Gasteiger partial charge in [-0.15, -0.1) is 0 Å². The topological polar surface area (TPSA) is 0 Å². The molecule has 106 valence electrons. The first kappa shape index (κ1) is 14.9. The lowest BCUT2D eigenvalue weighted by Crippen LogP contribution is -2.35.